The average Bonchev–Trinajstić information content (AvgIpc) is 2.89. The molecule has 1 fully saturated rings. The average molecular weight is 518 g/mol. The maximum atomic E-state index is 13.4. The fourth-order valence-electron chi connectivity index (χ4n) is 3.80. The van der Waals surface area contributed by atoms with Crippen LogP contribution in [0.5, 0.6) is 0 Å². The summed E-state index contributed by atoms with van der Waals surface area (Å²) in [6.45, 7) is 6.77. The molecule has 1 saturated heterocycles. The molecule has 0 aromatic heterocycles. The van der Waals surface area contributed by atoms with E-state index in [9.17, 15) is 19.2 Å². The zero-order valence-electron chi connectivity index (χ0n) is 22.2. The predicted molar refractivity (Wildman–Crippen MR) is 133 cm³/mol. The van der Waals surface area contributed by atoms with Gasteiger partial charge in [0.2, 0.25) is 5.54 Å². The minimum absolute atomic E-state index is 0.103. The topological polar surface area (TPSA) is 115 Å². The van der Waals surface area contributed by atoms with Gasteiger partial charge < -0.3 is 19.1 Å². The first kappa shape index (κ1) is 29.6. The van der Waals surface area contributed by atoms with Crippen molar-refractivity contribution in [3.8, 4) is 11.8 Å². The lowest BCUT2D eigenvalue weighted by atomic mass is 9.95. The number of methoxy groups -OCH3 is 2. The Kier molecular flexibility index (Phi) is 10.5. The molecule has 0 aliphatic carbocycles. The van der Waals surface area contributed by atoms with Crippen LogP contribution in [0.15, 0.2) is 30.3 Å². The lowest BCUT2D eigenvalue weighted by Crippen LogP contribution is -2.70. The summed E-state index contributed by atoms with van der Waals surface area (Å²) in [6.07, 6.45) is -0.503. The maximum absolute atomic E-state index is 13.4. The highest BCUT2D eigenvalue weighted by atomic mass is 16.7. The fourth-order valence-corrected chi connectivity index (χ4v) is 3.80. The number of hydrogen-bond donors (Lipinski definition) is 0. The van der Waals surface area contributed by atoms with Crippen molar-refractivity contribution in [2.45, 2.75) is 38.8 Å². The van der Waals surface area contributed by atoms with E-state index in [0.717, 1.165) is 19.3 Å². The van der Waals surface area contributed by atoms with Crippen molar-refractivity contribution in [1.82, 2.24) is 14.9 Å². The Morgan fingerprint density at radius 1 is 0.946 bits per heavy atom. The highest BCUT2D eigenvalue weighted by molar-refractivity contribution is 6.06. The van der Waals surface area contributed by atoms with Crippen molar-refractivity contribution in [1.29, 1.82) is 0 Å². The lowest BCUT2D eigenvalue weighted by molar-refractivity contribution is -0.187. The van der Waals surface area contributed by atoms with Crippen LogP contribution in [0.4, 0.5) is 4.79 Å². The van der Waals surface area contributed by atoms with Gasteiger partial charge in [0.15, 0.2) is 0 Å². The number of rotatable bonds is 8. The fraction of sp³-hybridized carbons (Fsp3) is 0.538. The summed E-state index contributed by atoms with van der Waals surface area (Å²) in [7, 11) is 2.29. The van der Waals surface area contributed by atoms with E-state index in [2.05, 4.69) is 11.8 Å². The predicted octanol–water partition coefficient (Wildman–Crippen LogP) is 1.72. The number of hydroxylamine groups is 2. The lowest BCUT2D eigenvalue weighted by Gasteiger charge is -2.44. The van der Waals surface area contributed by atoms with Crippen LogP contribution < -0.4 is 0 Å². The minimum Gasteiger partial charge on any atom is -0.467 e. The molecule has 0 spiro atoms. The smallest absolute Gasteiger partial charge is 0.410 e. The zero-order chi connectivity index (χ0) is 27.6. The molecule has 37 heavy (non-hydrogen) atoms. The van der Waals surface area contributed by atoms with Crippen LogP contribution in [-0.2, 0) is 28.6 Å². The zero-order valence-corrected chi connectivity index (χ0v) is 22.2. The monoisotopic (exact) mass is 517 g/mol. The summed E-state index contributed by atoms with van der Waals surface area (Å²) in [4.78, 5) is 61.1. The Hall–Kier alpha value is -3.62. The summed E-state index contributed by atoms with van der Waals surface area (Å²) in [5.41, 5.74) is -2.45. The third-order valence-electron chi connectivity index (χ3n) is 5.61. The molecule has 0 atom stereocenters. The molecule has 11 heteroatoms. The second-order valence-corrected chi connectivity index (χ2v) is 9.21. The van der Waals surface area contributed by atoms with Gasteiger partial charge in [-0.1, -0.05) is 24.1 Å². The highest BCUT2D eigenvalue weighted by Crippen LogP contribution is 2.25. The number of amides is 2. The first-order chi connectivity index (χ1) is 17.5. The Labute approximate surface area is 217 Å². The van der Waals surface area contributed by atoms with Crippen molar-refractivity contribution in [2.24, 2.45) is 0 Å². The van der Waals surface area contributed by atoms with Crippen LogP contribution in [0.2, 0.25) is 0 Å². The summed E-state index contributed by atoms with van der Waals surface area (Å²) >= 11 is 0. The number of ether oxygens (including phenoxy) is 3. The molecular weight excluding hydrogens is 482 g/mol. The SMILES string of the molecule is CC#CCON(CC(C(=O)OC)(C(=O)OC)N1CCN(C(=O)OC(C)(C)C)CC1)C(=O)c1ccccc1. The highest BCUT2D eigenvalue weighted by Gasteiger charge is 2.56. The van der Waals surface area contributed by atoms with Gasteiger partial charge in [0.05, 0.1) is 20.8 Å². The van der Waals surface area contributed by atoms with Gasteiger partial charge in [-0.05, 0) is 39.8 Å². The van der Waals surface area contributed by atoms with Crippen molar-refractivity contribution in [3.63, 3.8) is 0 Å². The number of piperazine rings is 1. The van der Waals surface area contributed by atoms with Gasteiger partial charge >= 0.3 is 18.0 Å². The van der Waals surface area contributed by atoms with E-state index in [1.165, 1.54) is 9.80 Å². The number of nitrogens with zero attached hydrogens (tertiary/aromatic N) is 3. The Morgan fingerprint density at radius 3 is 2.00 bits per heavy atom. The van der Waals surface area contributed by atoms with Gasteiger partial charge in [0.1, 0.15) is 12.2 Å². The normalized spacial score (nSPS) is 14.2. The molecule has 1 aromatic rings. The van der Waals surface area contributed by atoms with Crippen LogP contribution in [-0.4, -0.2) is 103 Å². The van der Waals surface area contributed by atoms with E-state index < -0.39 is 41.6 Å². The van der Waals surface area contributed by atoms with Gasteiger partial charge in [-0.2, -0.15) is 0 Å². The van der Waals surface area contributed by atoms with E-state index in [1.54, 1.807) is 58.0 Å². The number of carbonyl (C=O) groups is 4. The summed E-state index contributed by atoms with van der Waals surface area (Å²) < 4.78 is 15.5. The van der Waals surface area contributed by atoms with Crippen LogP contribution in [0.25, 0.3) is 0 Å². The summed E-state index contributed by atoms with van der Waals surface area (Å²) in [5.74, 6) is 2.94. The van der Waals surface area contributed by atoms with Crippen LogP contribution in [0.3, 0.4) is 0 Å². The molecule has 0 saturated carbocycles. The molecule has 0 bridgehead atoms. The molecule has 11 nitrogen and oxygen atoms in total. The largest absolute Gasteiger partial charge is 0.467 e. The maximum Gasteiger partial charge on any atom is 0.410 e. The first-order valence-electron chi connectivity index (χ1n) is 11.8. The van der Waals surface area contributed by atoms with Crippen molar-refractivity contribution in [3.05, 3.63) is 35.9 Å². The third-order valence-corrected chi connectivity index (χ3v) is 5.61. The molecule has 2 rings (SSSR count). The Bertz CT molecular complexity index is 1000. The van der Waals surface area contributed by atoms with Crippen molar-refractivity contribution in [2.75, 3.05) is 53.6 Å². The van der Waals surface area contributed by atoms with Gasteiger partial charge in [-0.25, -0.2) is 19.4 Å². The third kappa shape index (κ3) is 7.44. The molecular formula is C26H35N3O8. The van der Waals surface area contributed by atoms with Crippen molar-refractivity contribution >= 4 is 23.9 Å². The second-order valence-electron chi connectivity index (χ2n) is 9.21. The van der Waals surface area contributed by atoms with Crippen LogP contribution >= 0.6 is 0 Å². The van der Waals surface area contributed by atoms with Gasteiger partial charge in [-0.15, -0.1) is 5.92 Å². The molecule has 0 unspecified atom stereocenters. The first-order valence-corrected chi connectivity index (χ1v) is 11.8. The molecule has 2 amide bonds. The number of carbonyl (C=O) groups excluding carboxylic acids is 4. The molecule has 0 N–H and O–H groups in total. The van der Waals surface area contributed by atoms with Gasteiger partial charge in [0, 0.05) is 31.7 Å². The quantitative estimate of drug-likeness (QED) is 0.167. The summed E-state index contributed by atoms with van der Waals surface area (Å²) in [5, 5.41) is 0.924. The molecule has 202 valence electrons. The standard InChI is InChI=1S/C26H35N3O8/c1-7-8-18-36-29(21(30)20-12-10-9-11-13-20)19-26(22(31)34-5,23(32)35-6)28-16-14-27(15-17-28)24(33)37-25(2,3)4/h9-13H,14-19H2,1-6H3. The van der Waals surface area contributed by atoms with E-state index >= 15 is 0 Å². The van der Waals surface area contributed by atoms with Crippen LogP contribution in [0, 0.1) is 11.8 Å². The van der Waals surface area contributed by atoms with Crippen LogP contribution in [0.1, 0.15) is 38.1 Å². The number of hydrogen-bond acceptors (Lipinski definition) is 9. The molecule has 0 radical (unpaired) electrons. The van der Waals surface area contributed by atoms with Gasteiger partial charge in [0.25, 0.3) is 5.91 Å². The molecule has 1 aliphatic rings. The van der Waals surface area contributed by atoms with E-state index in [-0.39, 0.29) is 38.3 Å². The van der Waals surface area contributed by atoms with E-state index in [4.69, 9.17) is 19.0 Å². The Balaban J connectivity index is 2.42. The Morgan fingerprint density at radius 2 is 1.51 bits per heavy atom. The van der Waals surface area contributed by atoms with E-state index in [0.29, 0.717) is 0 Å². The molecule has 1 aliphatic heterocycles. The second kappa shape index (κ2) is 13.1. The van der Waals surface area contributed by atoms with Gasteiger partial charge in [-0.3, -0.25) is 14.5 Å². The van der Waals surface area contributed by atoms with E-state index in [1.807, 2.05) is 0 Å². The number of benzene rings is 1. The number of esters is 2. The molecule has 1 aromatic carbocycles. The minimum atomic E-state index is -2.06. The summed E-state index contributed by atoms with van der Waals surface area (Å²) in [6, 6.07) is 8.29. The van der Waals surface area contributed by atoms with Crippen molar-refractivity contribution < 1.29 is 38.2 Å². The molecule has 1 heterocycles.